The van der Waals surface area contributed by atoms with E-state index < -0.39 is 0 Å². The average molecular weight is 290 g/mol. The standard InChI is InChI=1S/C19H34N2/c1-8-17-9-11-18(12-10-17)19(20-7)16(6)21(15(4)5)13-14(2)3/h9-12,14-16,19-20H,8,13H2,1-7H3. The monoisotopic (exact) mass is 290 g/mol. The van der Waals surface area contributed by atoms with E-state index in [0.717, 1.165) is 13.0 Å². The number of hydrogen-bond acceptors (Lipinski definition) is 2. The molecule has 0 radical (unpaired) electrons. The van der Waals surface area contributed by atoms with Crippen molar-refractivity contribution in [3.8, 4) is 0 Å². The lowest BCUT2D eigenvalue weighted by atomic mass is 9.96. The van der Waals surface area contributed by atoms with Crippen LogP contribution in [0.3, 0.4) is 0 Å². The van der Waals surface area contributed by atoms with Crippen LogP contribution >= 0.6 is 0 Å². The van der Waals surface area contributed by atoms with Gasteiger partial charge < -0.3 is 5.32 Å². The molecule has 0 heterocycles. The summed E-state index contributed by atoms with van der Waals surface area (Å²) in [6.07, 6.45) is 1.10. The van der Waals surface area contributed by atoms with Crippen molar-refractivity contribution in [1.29, 1.82) is 0 Å². The fraction of sp³-hybridized carbons (Fsp3) is 0.684. The summed E-state index contributed by atoms with van der Waals surface area (Å²) in [7, 11) is 2.07. The predicted octanol–water partition coefficient (Wildman–Crippen LogP) is 4.26. The van der Waals surface area contributed by atoms with Crippen LogP contribution in [0, 0.1) is 5.92 Å². The molecule has 120 valence electrons. The van der Waals surface area contributed by atoms with Gasteiger partial charge in [0.15, 0.2) is 0 Å². The van der Waals surface area contributed by atoms with E-state index in [1.165, 1.54) is 11.1 Å². The summed E-state index contributed by atoms with van der Waals surface area (Å²) in [5.74, 6) is 0.690. The van der Waals surface area contributed by atoms with Gasteiger partial charge in [0, 0.05) is 24.7 Å². The molecule has 0 aliphatic heterocycles. The summed E-state index contributed by atoms with van der Waals surface area (Å²) in [4.78, 5) is 2.61. The molecule has 1 N–H and O–H groups in total. The Morgan fingerprint density at radius 1 is 1.00 bits per heavy atom. The Kier molecular flexibility index (Phi) is 7.41. The van der Waals surface area contributed by atoms with Crippen LogP contribution in [0.25, 0.3) is 0 Å². The summed E-state index contributed by atoms with van der Waals surface area (Å²) in [6, 6.07) is 10.5. The second-order valence-corrected chi connectivity index (χ2v) is 6.79. The molecule has 0 aliphatic rings. The van der Waals surface area contributed by atoms with Crippen LogP contribution in [-0.2, 0) is 6.42 Å². The highest BCUT2D eigenvalue weighted by molar-refractivity contribution is 5.26. The van der Waals surface area contributed by atoms with Crippen molar-refractivity contribution in [2.45, 2.75) is 66.1 Å². The Balaban J connectivity index is 2.94. The first-order valence-electron chi connectivity index (χ1n) is 8.42. The molecule has 2 heteroatoms. The molecule has 1 aromatic rings. The summed E-state index contributed by atoms with van der Waals surface area (Å²) in [6.45, 7) is 14.9. The molecule has 0 saturated heterocycles. The Labute approximate surface area is 131 Å². The van der Waals surface area contributed by atoms with Crippen LogP contribution < -0.4 is 5.32 Å². The lowest BCUT2D eigenvalue weighted by molar-refractivity contribution is 0.118. The molecule has 1 rings (SSSR count). The molecule has 0 bridgehead atoms. The van der Waals surface area contributed by atoms with Crippen molar-refractivity contribution >= 4 is 0 Å². The van der Waals surface area contributed by atoms with Gasteiger partial charge in [0.1, 0.15) is 0 Å². The van der Waals surface area contributed by atoms with Gasteiger partial charge in [-0.25, -0.2) is 0 Å². The van der Waals surface area contributed by atoms with E-state index in [9.17, 15) is 0 Å². The van der Waals surface area contributed by atoms with E-state index in [-0.39, 0.29) is 0 Å². The third-order valence-electron chi connectivity index (χ3n) is 4.30. The number of nitrogens with zero attached hydrogens (tertiary/aromatic N) is 1. The molecule has 1 aromatic carbocycles. The molecule has 0 aliphatic carbocycles. The summed E-state index contributed by atoms with van der Waals surface area (Å²) < 4.78 is 0. The van der Waals surface area contributed by atoms with Crippen LogP contribution in [0.1, 0.15) is 58.7 Å². The Morgan fingerprint density at radius 3 is 1.95 bits per heavy atom. The molecule has 2 nitrogen and oxygen atoms in total. The highest BCUT2D eigenvalue weighted by Crippen LogP contribution is 2.23. The highest BCUT2D eigenvalue weighted by atomic mass is 15.2. The lowest BCUT2D eigenvalue weighted by Crippen LogP contribution is -2.47. The Morgan fingerprint density at radius 2 is 1.57 bits per heavy atom. The highest BCUT2D eigenvalue weighted by Gasteiger charge is 2.26. The number of rotatable bonds is 8. The molecular weight excluding hydrogens is 256 g/mol. The van der Waals surface area contributed by atoms with Gasteiger partial charge in [0.25, 0.3) is 0 Å². The summed E-state index contributed by atoms with van der Waals surface area (Å²) in [5, 5.41) is 3.52. The third kappa shape index (κ3) is 5.12. The maximum atomic E-state index is 3.52. The molecule has 21 heavy (non-hydrogen) atoms. The first-order chi connectivity index (χ1) is 9.90. The molecule has 0 fully saturated rings. The van der Waals surface area contributed by atoms with E-state index >= 15 is 0 Å². The number of aryl methyl sites for hydroxylation is 1. The molecular formula is C19H34N2. The topological polar surface area (TPSA) is 15.3 Å². The number of likely N-dealkylation sites (N-methyl/N-ethyl adjacent to an activating group) is 1. The van der Waals surface area contributed by atoms with E-state index in [4.69, 9.17) is 0 Å². The minimum Gasteiger partial charge on any atom is -0.312 e. The van der Waals surface area contributed by atoms with Gasteiger partial charge in [0.2, 0.25) is 0 Å². The number of benzene rings is 1. The van der Waals surface area contributed by atoms with Crippen LogP contribution in [0.5, 0.6) is 0 Å². The van der Waals surface area contributed by atoms with Gasteiger partial charge in [-0.05, 0) is 51.3 Å². The lowest BCUT2D eigenvalue weighted by Gasteiger charge is -2.38. The summed E-state index contributed by atoms with van der Waals surface area (Å²) >= 11 is 0. The number of nitrogens with one attached hydrogen (secondary N) is 1. The SMILES string of the molecule is CCc1ccc(C(NC)C(C)N(CC(C)C)C(C)C)cc1. The van der Waals surface area contributed by atoms with E-state index in [1.54, 1.807) is 0 Å². The first-order valence-corrected chi connectivity index (χ1v) is 8.42. The minimum atomic E-state index is 0.372. The smallest absolute Gasteiger partial charge is 0.0473 e. The number of hydrogen-bond donors (Lipinski definition) is 1. The van der Waals surface area contributed by atoms with Crippen LogP contribution in [0.4, 0.5) is 0 Å². The molecule has 2 unspecified atom stereocenters. The van der Waals surface area contributed by atoms with E-state index in [1.807, 2.05) is 0 Å². The maximum absolute atomic E-state index is 3.52. The Bertz CT molecular complexity index is 395. The van der Waals surface area contributed by atoms with Gasteiger partial charge >= 0.3 is 0 Å². The Hall–Kier alpha value is -0.860. The van der Waals surface area contributed by atoms with Gasteiger partial charge in [-0.1, -0.05) is 45.0 Å². The van der Waals surface area contributed by atoms with Crippen molar-refractivity contribution in [2.24, 2.45) is 5.92 Å². The maximum Gasteiger partial charge on any atom is 0.0473 e. The zero-order chi connectivity index (χ0) is 16.0. The molecule has 0 amide bonds. The van der Waals surface area contributed by atoms with Gasteiger partial charge in [0.05, 0.1) is 0 Å². The van der Waals surface area contributed by atoms with E-state index in [0.29, 0.717) is 24.0 Å². The molecule has 0 saturated carbocycles. The first kappa shape index (κ1) is 18.2. The minimum absolute atomic E-state index is 0.372. The van der Waals surface area contributed by atoms with Crippen molar-refractivity contribution in [2.75, 3.05) is 13.6 Å². The normalized spacial score (nSPS) is 15.0. The van der Waals surface area contributed by atoms with Crippen molar-refractivity contribution in [3.63, 3.8) is 0 Å². The third-order valence-corrected chi connectivity index (χ3v) is 4.30. The van der Waals surface area contributed by atoms with Gasteiger partial charge in [-0.3, -0.25) is 4.90 Å². The quantitative estimate of drug-likeness (QED) is 0.769. The van der Waals surface area contributed by atoms with Gasteiger partial charge in [-0.2, -0.15) is 0 Å². The van der Waals surface area contributed by atoms with Crippen LogP contribution in [-0.4, -0.2) is 30.6 Å². The molecule has 0 spiro atoms. The summed E-state index contributed by atoms with van der Waals surface area (Å²) in [5.41, 5.74) is 2.79. The van der Waals surface area contributed by atoms with Crippen LogP contribution in [0.15, 0.2) is 24.3 Å². The van der Waals surface area contributed by atoms with Crippen molar-refractivity contribution in [3.05, 3.63) is 35.4 Å². The zero-order valence-corrected chi connectivity index (χ0v) is 15.0. The van der Waals surface area contributed by atoms with Crippen molar-refractivity contribution < 1.29 is 0 Å². The fourth-order valence-corrected chi connectivity index (χ4v) is 3.11. The molecule has 2 atom stereocenters. The second-order valence-electron chi connectivity index (χ2n) is 6.79. The predicted molar refractivity (Wildman–Crippen MR) is 93.8 cm³/mol. The van der Waals surface area contributed by atoms with Gasteiger partial charge in [-0.15, -0.1) is 0 Å². The zero-order valence-electron chi connectivity index (χ0n) is 15.0. The fourth-order valence-electron chi connectivity index (χ4n) is 3.11. The van der Waals surface area contributed by atoms with E-state index in [2.05, 4.69) is 83.1 Å². The molecule has 0 aromatic heterocycles. The average Bonchev–Trinajstić information content (AvgIpc) is 2.45. The second kappa shape index (κ2) is 8.55. The largest absolute Gasteiger partial charge is 0.312 e. The van der Waals surface area contributed by atoms with Crippen LogP contribution in [0.2, 0.25) is 0 Å². The van der Waals surface area contributed by atoms with Crippen molar-refractivity contribution in [1.82, 2.24) is 10.2 Å².